The van der Waals surface area contributed by atoms with Crippen LogP contribution < -0.4 is 4.90 Å². The van der Waals surface area contributed by atoms with E-state index in [9.17, 15) is 9.18 Å². The van der Waals surface area contributed by atoms with Crippen molar-refractivity contribution in [3.8, 4) is 0 Å². The van der Waals surface area contributed by atoms with Gasteiger partial charge in [-0.05, 0) is 49.4 Å². The summed E-state index contributed by atoms with van der Waals surface area (Å²) in [5.74, 6) is 0.241. The van der Waals surface area contributed by atoms with Crippen molar-refractivity contribution in [1.29, 1.82) is 0 Å². The van der Waals surface area contributed by atoms with E-state index in [2.05, 4.69) is 0 Å². The highest BCUT2D eigenvalue weighted by molar-refractivity contribution is 5.96. The first-order valence-electron chi connectivity index (χ1n) is 6.85. The minimum Gasteiger partial charge on any atom is -0.312 e. The van der Waals surface area contributed by atoms with Crippen LogP contribution >= 0.6 is 0 Å². The minimum absolute atomic E-state index is 0.195. The van der Waals surface area contributed by atoms with Gasteiger partial charge < -0.3 is 4.90 Å². The van der Waals surface area contributed by atoms with Crippen LogP contribution in [0.1, 0.15) is 37.7 Å². The highest BCUT2D eigenvalue weighted by Gasteiger charge is 2.30. The van der Waals surface area contributed by atoms with Crippen molar-refractivity contribution in [3.05, 3.63) is 29.6 Å². The summed E-state index contributed by atoms with van der Waals surface area (Å²) in [7, 11) is 0. The number of hydrogen-bond acceptors (Lipinski definition) is 1. The Bertz CT molecular complexity index is 466. The molecule has 1 heterocycles. The summed E-state index contributed by atoms with van der Waals surface area (Å²) in [6.45, 7) is 0.786. The topological polar surface area (TPSA) is 20.3 Å². The van der Waals surface area contributed by atoms with E-state index in [1.54, 1.807) is 12.1 Å². The van der Waals surface area contributed by atoms with Gasteiger partial charge in [-0.1, -0.05) is 12.8 Å². The van der Waals surface area contributed by atoms with Crippen LogP contribution in [-0.2, 0) is 11.2 Å². The Hall–Kier alpha value is -1.38. The highest BCUT2D eigenvalue weighted by atomic mass is 19.1. The molecule has 1 saturated carbocycles. The molecule has 2 nitrogen and oxygen atoms in total. The molecule has 1 aromatic carbocycles. The molecule has 0 unspecified atom stereocenters. The smallest absolute Gasteiger partial charge is 0.230 e. The van der Waals surface area contributed by atoms with Gasteiger partial charge in [0, 0.05) is 18.2 Å². The number of amides is 1. The first kappa shape index (κ1) is 11.7. The first-order chi connectivity index (χ1) is 8.75. The number of aryl methyl sites for hydroxylation is 1. The van der Waals surface area contributed by atoms with Gasteiger partial charge in [0.25, 0.3) is 0 Å². The van der Waals surface area contributed by atoms with Gasteiger partial charge in [0.05, 0.1) is 0 Å². The first-order valence-corrected chi connectivity index (χ1v) is 6.85. The van der Waals surface area contributed by atoms with E-state index in [0.717, 1.165) is 43.5 Å². The van der Waals surface area contributed by atoms with E-state index >= 15 is 0 Å². The average molecular weight is 247 g/mol. The molecular weight excluding hydrogens is 229 g/mol. The van der Waals surface area contributed by atoms with Gasteiger partial charge in [0.2, 0.25) is 5.91 Å². The molecule has 0 radical (unpaired) electrons. The van der Waals surface area contributed by atoms with E-state index in [1.165, 1.54) is 18.9 Å². The zero-order valence-electron chi connectivity index (χ0n) is 10.5. The molecule has 3 heteroatoms. The van der Waals surface area contributed by atoms with E-state index < -0.39 is 0 Å². The second-order valence-corrected chi connectivity index (χ2v) is 5.35. The lowest BCUT2D eigenvalue weighted by molar-refractivity contribution is -0.122. The summed E-state index contributed by atoms with van der Waals surface area (Å²) >= 11 is 0. The molecule has 1 aliphatic heterocycles. The number of rotatable bonds is 1. The maximum Gasteiger partial charge on any atom is 0.230 e. The van der Waals surface area contributed by atoms with Crippen molar-refractivity contribution in [1.82, 2.24) is 0 Å². The SMILES string of the molecule is O=C(C1CCCC1)N1CCCc2cc(F)ccc21. The molecule has 0 bridgehead atoms. The number of fused-ring (bicyclic) bond motifs is 1. The fourth-order valence-corrected chi connectivity index (χ4v) is 3.19. The Morgan fingerprint density at radius 2 is 2.00 bits per heavy atom. The van der Waals surface area contributed by atoms with Crippen LogP contribution in [0.15, 0.2) is 18.2 Å². The highest BCUT2D eigenvalue weighted by Crippen LogP contribution is 2.33. The molecule has 0 saturated heterocycles. The van der Waals surface area contributed by atoms with Crippen molar-refractivity contribution in [2.45, 2.75) is 38.5 Å². The second-order valence-electron chi connectivity index (χ2n) is 5.35. The quantitative estimate of drug-likeness (QED) is 0.745. The van der Waals surface area contributed by atoms with Crippen molar-refractivity contribution < 1.29 is 9.18 Å². The number of halogens is 1. The zero-order chi connectivity index (χ0) is 12.5. The molecule has 0 N–H and O–H groups in total. The lowest BCUT2D eigenvalue weighted by atomic mass is 9.98. The summed E-state index contributed by atoms with van der Waals surface area (Å²) in [5.41, 5.74) is 1.91. The van der Waals surface area contributed by atoms with Crippen LogP contribution in [0.4, 0.5) is 10.1 Å². The summed E-state index contributed by atoms with van der Waals surface area (Å²) in [4.78, 5) is 14.4. The van der Waals surface area contributed by atoms with Crippen molar-refractivity contribution in [2.75, 3.05) is 11.4 Å². The van der Waals surface area contributed by atoms with Crippen LogP contribution in [0.2, 0.25) is 0 Å². The van der Waals surface area contributed by atoms with E-state index in [4.69, 9.17) is 0 Å². The second kappa shape index (κ2) is 4.71. The Morgan fingerprint density at radius 1 is 1.22 bits per heavy atom. The Morgan fingerprint density at radius 3 is 2.78 bits per heavy atom. The summed E-state index contributed by atoms with van der Waals surface area (Å²) in [6.07, 6.45) is 6.19. The molecule has 2 aliphatic rings. The van der Waals surface area contributed by atoms with E-state index in [1.807, 2.05) is 4.90 Å². The molecule has 0 aromatic heterocycles. The molecule has 96 valence electrons. The van der Waals surface area contributed by atoms with E-state index in [-0.39, 0.29) is 17.6 Å². The fraction of sp³-hybridized carbons (Fsp3) is 0.533. The molecule has 1 amide bonds. The van der Waals surface area contributed by atoms with Crippen LogP contribution in [-0.4, -0.2) is 12.5 Å². The van der Waals surface area contributed by atoms with Crippen molar-refractivity contribution in [2.24, 2.45) is 5.92 Å². The standard InChI is InChI=1S/C15H18FNO/c16-13-7-8-14-12(10-13)6-3-9-17(14)15(18)11-4-1-2-5-11/h7-8,10-11H,1-6,9H2. The molecular formula is C15H18FNO. The van der Waals surface area contributed by atoms with E-state index in [0.29, 0.717) is 0 Å². The molecule has 1 aliphatic carbocycles. The third kappa shape index (κ3) is 2.02. The number of carbonyl (C=O) groups is 1. The van der Waals surface area contributed by atoms with Gasteiger partial charge in [0.15, 0.2) is 0 Å². The number of nitrogens with zero attached hydrogens (tertiary/aromatic N) is 1. The molecule has 1 fully saturated rings. The van der Waals surface area contributed by atoms with Gasteiger partial charge in [0.1, 0.15) is 5.82 Å². The van der Waals surface area contributed by atoms with Crippen LogP contribution in [0.25, 0.3) is 0 Å². The lowest BCUT2D eigenvalue weighted by Gasteiger charge is -2.31. The molecule has 0 atom stereocenters. The number of carbonyl (C=O) groups excluding carboxylic acids is 1. The summed E-state index contributed by atoms with van der Waals surface area (Å²) in [6, 6.07) is 4.79. The summed E-state index contributed by atoms with van der Waals surface area (Å²) in [5, 5.41) is 0. The number of anilines is 1. The monoisotopic (exact) mass is 247 g/mol. The Kier molecular flexibility index (Phi) is 3.06. The van der Waals surface area contributed by atoms with Crippen LogP contribution in [0.5, 0.6) is 0 Å². The van der Waals surface area contributed by atoms with Crippen molar-refractivity contribution in [3.63, 3.8) is 0 Å². The number of hydrogen-bond donors (Lipinski definition) is 0. The third-order valence-corrected chi connectivity index (χ3v) is 4.13. The van der Waals surface area contributed by atoms with Gasteiger partial charge in [-0.15, -0.1) is 0 Å². The number of benzene rings is 1. The third-order valence-electron chi connectivity index (χ3n) is 4.13. The zero-order valence-corrected chi connectivity index (χ0v) is 10.5. The average Bonchev–Trinajstić information content (AvgIpc) is 2.90. The minimum atomic E-state index is -0.205. The van der Waals surface area contributed by atoms with Gasteiger partial charge in [-0.2, -0.15) is 0 Å². The van der Waals surface area contributed by atoms with Crippen LogP contribution in [0, 0.1) is 11.7 Å². The van der Waals surface area contributed by atoms with Crippen LogP contribution in [0.3, 0.4) is 0 Å². The maximum atomic E-state index is 13.2. The predicted molar refractivity (Wildman–Crippen MR) is 69.0 cm³/mol. The molecule has 3 rings (SSSR count). The summed E-state index contributed by atoms with van der Waals surface area (Å²) < 4.78 is 13.2. The molecule has 0 spiro atoms. The fourth-order valence-electron chi connectivity index (χ4n) is 3.19. The van der Waals surface area contributed by atoms with Gasteiger partial charge >= 0.3 is 0 Å². The lowest BCUT2D eigenvalue weighted by Crippen LogP contribution is -2.39. The van der Waals surface area contributed by atoms with Gasteiger partial charge in [-0.25, -0.2) is 4.39 Å². The van der Waals surface area contributed by atoms with Gasteiger partial charge in [-0.3, -0.25) is 4.79 Å². The normalized spacial score (nSPS) is 19.9. The largest absolute Gasteiger partial charge is 0.312 e. The molecule has 18 heavy (non-hydrogen) atoms. The maximum absolute atomic E-state index is 13.2. The Labute approximate surface area is 107 Å². The predicted octanol–water partition coefficient (Wildman–Crippen LogP) is 3.30. The molecule has 1 aromatic rings. The van der Waals surface area contributed by atoms with Crippen molar-refractivity contribution >= 4 is 11.6 Å². The Balaban J connectivity index is 1.88.